The Hall–Kier alpha value is -9.56. The van der Waals surface area contributed by atoms with Gasteiger partial charge < -0.3 is 4.90 Å². The number of anilines is 3. The zero-order valence-corrected chi connectivity index (χ0v) is 42.3. The van der Waals surface area contributed by atoms with Crippen molar-refractivity contribution in [2.75, 3.05) is 4.90 Å². The molecule has 1 unspecified atom stereocenters. The fourth-order valence-electron chi connectivity index (χ4n) is 12.9. The summed E-state index contributed by atoms with van der Waals surface area (Å²) < 4.78 is 0. The van der Waals surface area contributed by atoms with Gasteiger partial charge in [0.2, 0.25) is 0 Å². The Bertz CT molecular complexity index is 4050. The van der Waals surface area contributed by atoms with E-state index >= 15 is 0 Å². The van der Waals surface area contributed by atoms with Gasteiger partial charge in [0.05, 0.1) is 16.8 Å². The molecule has 0 amide bonds. The highest BCUT2D eigenvalue weighted by Crippen LogP contribution is 2.58. The summed E-state index contributed by atoms with van der Waals surface area (Å²) in [5, 5.41) is 0. The first kappa shape index (κ1) is 45.1. The Kier molecular flexibility index (Phi) is 10.9. The van der Waals surface area contributed by atoms with Crippen LogP contribution in [0.5, 0.6) is 0 Å². The van der Waals surface area contributed by atoms with Crippen LogP contribution in [0.1, 0.15) is 45.9 Å². The second-order valence-electron chi connectivity index (χ2n) is 20.4. The predicted molar refractivity (Wildman–Crippen MR) is 318 cm³/mol. The van der Waals surface area contributed by atoms with Crippen LogP contribution in [0.25, 0.3) is 66.8 Å². The molecule has 0 N–H and O–H groups in total. The highest BCUT2D eigenvalue weighted by molar-refractivity contribution is 5.96. The monoisotopic (exact) mass is 967 g/mol. The van der Waals surface area contributed by atoms with E-state index in [0.29, 0.717) is 0 Å². The first-order valence-corrected chi connectivity index (χ1v) is 26.5. The molecule has 12 aromatic rings. The lowest BCUT2D eigenvalue weighted by molar-refractivity contribution is 0.714. The zero-order chi connectivity index (χ0) is 50.6. The van der Waals surface area contributed by atoms with Crippen molar-refractivity contribution in [1.29, 1.82) is 0 Å². The van der Waals surface area contributed by atoms with Crippen molar-refractivity contribution in [3.63, 3.8) is 0 Å². The topological polar surface area (TPSA) is 3.24 Å². The summed E-state index contributed by atoms with van der Waals surface area (Å²) in [6.45, 7) is 2.39. The van der Waals surface area contributed by atoms with Gasteiger partial charge in [-0.15, -0.1) is 0 Å². The normalized spacial score (nSPS) is 14.5. The standard InChI is InChI=1S/C75H53N/c1-74(58-24-8-3-9-25-58)68-34-18-14-32-64(68)66-48-44-56(50-70(66)74)54-42-46-61(47-43-54)76(72-36-20-16-30-62(72)55-40-38-53(39-41-55)52-22-6-2-7-23-52)73-37-21-17-31-63(73)57-45-49-67-65-33-15-19-35-69(65)75(71(67)51-57,59-26-10-4-11-27-59)60-28-12-5-13-29-60/h2-51H,1H3. The summed E-state index contributed by atoms with van der Waals surface area (Å²) in [6.07, 6.45) is 0. The Morgan fingerprint density at radius 2 is 0.605 bits per heavy atom. The van der Waals surface area contributed by atoms with E-state index in [1.807, 2.05) is 0 Å². The number of hydrogen-bond acceptors (Lipinski definition) is 1. The van der Waals surface area contributed by atoms with Crippen molar-refractivity contribution in [3.8, 4) is 66.8 Å². The molecule has 0 heterocycles. The molecule has 0 saturated heterocycles. The fraction of sp³-hybridized carbons (Fsp3) is 0.0400. The number of para-hydroxylation sites is 2. The molecule has 76 heavy (non-hydrogen) atoms. The van der Waals surface area contributed by atoms with Crippen molar-refractivity contribution in [3.05, 3.63) is 342 Å². The van der Waals surface area contributed by atoms with Crippen molar-refractivity contribution < 1.29 is 0 Å². The molecule has 0 radical (unpaired) electrons. The van der Waals surface area contributed by atoms with Gasteiger partial charge in [0.15, 0.2) is 0 Å². The van der Waals surface area contributed by atoms with Gasteiger partial charge in [0.1, 0.15) is 0 Å². The van der Waals surface area contributed by atoms with Crippen LogP contribution in [0.2, 0.25) is 0 Å². The third-order valence-corrected chi connectivity index (χ3v) is 16.5. The summed E-state index contributed by atoms with van der Waals surface area (Å²) in [7, 11) is 0. The molecule has 14 rings (SSSR count). The van der Waals surface area contributed by atoms with Gasteiger partial charge in [-0.3, -0.25) is 0 Å². The first-order valence-electron chi connectivity index (χ1n) is 26.5. The van der Waals surface area contributed by atoms with Crippen molar-refractivity contribution >= 4 is 17.1 Å². The second kappa shape index (κ2) is 18.4. The van der Waals surface area contributed by atoms with Gasteiger partial charge in [-0.25, -0.2) is 0 Å². The van der Waals surface area contributed by atoms with Gasteiger partial charge >= 0.3 is 0 Å². The molecule has 1 nitrogen and oxygen atoms in total. The summed E-state index contributed by atoms with van der Waals surface area (Å²) in [5.74, 6) is 0. The van der Waals surface area contributed by atoms with Crippen LogP contribution in [0.15, 0.2) is 303 Å². The number of nitrogens with zero attached hydrogens (tertiary/aromatic N) is 1. The molecule has 1 heteroatoms. The maximum atomic E-state index is 2.49. The number of fused-ring (bicyclic) bond motifs is 6. The maximum absolute atomic E-state index is 2.49. The van der Waals surface area contributed by atoms with Crippen LogP contribution >= 0.6 is 0 Å². The lowest BCUT2D eigenvalue weighted by Crippen LogP contribution is -2.28. The smallest absolute Gasteiger partial charge is 0.0713 e. The Labute approximate surface area is 446 Å². The van der Waals surface area contributed by atoms with Gasteiger partial charge in [-0.2, -0.15) is 0 Å². The van der Waals surface area contributed by atoms with E-state index in [1.165, 1.54) is 83.5 Å². The molecule has 12 aromatic carbocycles. The lowest BCUT2D eigenvalue weighted by atomic mass is 9.67. The first-order chi connectivity index (χ1) is 37.6. The molecular formula is C75H53N. The van der Waals surface area contributed by atoms with Gasteiger partial charge in [-0.05, 0) is 138 Å². The van der Waals surface area contributed by atoms with Crippen LogP contribution in [-0.2, 0) is 10.8 Å². The van der Waals surface area contributed by atoms with E-state index in [0.717, 1.165) is 39.3 Å². The van der Waals surface area contributed by atoms with Crippen LogP contribution in [0, 0.1) is 0 Å². The number of benzene rings is 12. The van der Waals surface area contributed by atoms with E-state index in [-0.39, 0.29) is 5.41 Å². The van der Waals surface area contributed by atoms with Crippen molar-refractivity contribution in [2.45, 2.75) is 17.8 Å². The molecular weight excluding hydrogens is 915 g/mol. The van der Waals surface area contributed by atoms with E-state index in [9.17, 15) is 0 Å². The molecule has 0 fully saturated rings. The zero-order valence-electron chi connectivity index (χ0n) is 42.3. The molecule has 2 aliphatic carbocycles. The Morgan fingerprint density at radius 3 is 1.21 bits per heavy atom. The molecule has 0 saturated carbocycles. The van der Waals surface area contributed by atoms with E-state index < -0.39 is 5.41 Å². The fourth-order valence-corrected chi connectivity index (χ4v) is 12.9. The van der Waals surface area contributed by atoms with Crippen molar-refractivity contribution in [2.24, 2.45) is 0 Å². The average Bonchev–Trinajstić information content (AvgIpc) is 4.15. The van der Waals surface area contributed by atoms with Crippen LogP contribution in [0.4, 0.5) is 17.1 Å². The number of rotatable bonds is 10. The minimum absolute atomic E-state index is 0.283. The molecule has 0 bridgehead atoms. The van der Waals surface area contributed by atoms with Crippen LogP contribution < -0.4 is 4.90 Å². The van der Waals surface area contributed by atoms with Gasteiger partial charge in [0.25, 0.3) is 0 Å². The maximum Gasteiger partial charge on any atom is 0.0713 e. The minimum Gasteiger partial charge on any atom is -0.309 e. The highest BCUT2D eigenvalue weighted by atomic mass is 15.1. The quantitative estimate of drug-likeness (QED) is 0.132. The number of hydrogen-bond donors (Lipinski definition) is 0. The van der Waals surface area contributed by atoms with E-state index in [2.05, 4.69) is 315 Å². The van der Waals surface area contributed by atoms with Crippen molar-refractivity contribution in [1.82, 2.24) is 0 Å². The van der Waals surface area contributed by atoms with Gasteiger partial charge in [0, 0.05) is 22.2 Å². The predicted octanol–water partition coefficient (Wildman–Crippen LogP) is 19.5. The van der Waals surface area contributed by atoms with Gasteiger partial charge in [-0.1, -0.05) is 267 Å². The molecule has 0 aliphatic heterocycles. The lowest BCUT2D eigenvalue weighted by Gasteiger charge is -2.34. The highest BCUT2D eigenvalue weighted by Gasteiger charge is 2.46. The van der Waals surface area contributed by atoms with Crippen LogP contribution in [0.3, 0.4) is 0 Å². The SMILES string of the molecule is CC1(c2ccccc2)c2ccccc2-c2ccc(-c3ccc(N(c4ccccc4-c4ccc(-c5ccccc5)cc4)c4ccccc4-c4ccc5c(c4)C(c4ccccc4)(c4ccccc4)c4ccccc4-5)cc3)cc21. The second-order valence-corrected chi connectivity index (χ2v) is 20.4. The van der Waals surface area contributed by atoms with E-state index in [1.54, 1.807) is 0 Å². The minimum atomic E-state index is -0.522. The average molecular weight is 968 g/mol. The summed E-state index contributed by atoms with van der Waals surface area (Å²) in [6, 6.07) is 112. The Balaban J connectivity index is 0.936. The molecule has 1 atom stereocenters. The third-order valence-electron chi connectivity index (χ3n) is 16.5. The third kappa shape index (κ3) is 7.15. The summed E-state index contributed by atoms with van der Waals surface area (Å²) >= 11 is 0. The molecule has 358 valence electrons. The molecule has 0 spiro atoms. The van der Waals surface area contributed by atoms with E-state index in [4.69, 9.17) is 0 Å². The van der Waals surface area contributed by atoms with Crippen LogP contribution in [-0.4, -0.2) is 0 Å². The molecule has 2 aliphatic rings. The molecule has 0 aromatic heterocycles. The Morgan fingerprint density at radius 1 is 0.237 bits per heavy atom. The summed E-state index contributed by atoms with van der Waals surface area (Å²) in [4.78, 5) is 2.48. The largest absolute Gasteiger partial charge is 0.309 e. The summed E-state index contributed by atoms with van der Waals surface area (Å²) in [5.41, 5.74) is 26.1.